The van der Waals surface area contributed by atoms with Crippen LogP contribution >= 0.6 is 11.8 Å². The number of carboxylic acid groups (broad SMARTS) is 1. The minimum Gasteiger partial charge on any atom is -0.481 e. The van der Waals surface area contributed by atoms with Crippen LogP contribution in [0.3, 0.4) is 0 Å². The van der Waals surface area contributed by atoms with Crippen molar-refractivity contribution in [3.05, 3.63) is 11.8 Å². The Morgan fingerprint density at radius 3 is 1.79 bits per heavy atom. The van der Waals surface area contributed by atoms with E-state index < -0.39 is 5.97 Å². The van der Waals surface area contributed by atoms with E-state index >= 15 is 0 Å². The van der Waals surface area contributed by atoms with Crippen LogP contribution in [0, 0.1) is 0 Å². The van der Waals surface area contributed by atoms with Gasteiger partial charge >= 0.3 is 5.97 Å². The number of hydrogen-bond donors (Lipinski definition) is 1. The number of aromatic nitrogens is 2. The van der Waals surface area contributed by atoms with E-state index in [1.165, 1.54) is 18.7 Å². The van der Waals surface area contributed by atoms with Gasteiger partial charge in [-0.2, -0.15) is 4.98 Å². The SMILES string of the molecule is CSc1ncc(CCCCCC(=O)O)c(OCCC(=O)CCC(=O)CCC(=O)CCC(=O)CCC(C)=O)n1. The highest BCUT2D eigenvalue weighted by atomic mass is 32.2. The summed E-state index contributed by atoms with van der Waals surface area (Å²) in [6.07, 6.45) is 7.20. The van der Waals surface area contributed by atoms with E-state index in [0.717, 1.165) is 18.4 Å². The molecule has 1 N–H and O–H groups in total. The van der Waals surface area contributed by atoms with Crippen LogP contribution in [0.4, 0.5) is 0 Å². The van der Waals surface area contributed by atoms with E-state index in [1.54, 1.807) is 6.20 Å². The Balaban J connectivity index is 2.32. The van der Waals surface area contributed by atoms with Crippen LogP contribution in [0.5, 0.6) is 5.88 Å². The number of aliphatic carboxylic acids is 1. The standard InChI is InChI=1S/C27H38N2O8S/c1-19(30)8-9-21(31)10-11-22(32)12-13-23(33)14-15-24(34)16-17-37-26-20(18-28-27(29-26)38-2)6-4-3-5-7-25(35)36/h18H,3-17H2,1-2H3,(H,35,36). The molecule has 0 aliphatic heterocycles. The highest BCUT2D eigenvalue weighted by Crippen LogP contribution is 2.21. The summed E-state index contributed by atoms with van der Waals surface area (Å²) in [5.41, 5.74) is 0.797. The normalized spacial score (nSPS) is 10.7. The van der Waals surface area contributed by atoms with Crippen molar-refractivity contribution in [2.45, 2.75) is 102 Å². The third-order valence-electron chi connectivity index (χ3n) is 5.75. The Hall–Kier alpha value is -2.95. The first-order valence-electron chi connectivity index (χ1n) is 12.9. The van der Waals surface area contributed by atoms with Gasteiger partial charge in [-0.3, -0.25) is 24.0 Å². The molecule has 210 valence electrons. The van der Waals surface area contributed by atoms with Crippen molar-refractivity contribution < 1.29 is 38.6 Å². The summed E-state index contributed by atoms with van der Waals surface area (Å²) in [7, 11) is 0. The molecule has 0 aromatic carbocycles. The van der Waals surface area contributed by atoms with E-state index in [1.807, 2.05) is 6.26 Å². The average molecular weight is 551 g/mol. The molecule has 0 fully saturated rings. The molecule has 0 aliphatic rings. The van der Waals surface area contributed by atoms with Gasteiger partial charge in [0.15, 0.2) is 5.16 Å². The second-order valence-corrected chi connectivity index (χ2v) is 9.87. The second kappa shape index (κ2) is 19.2. The Labute approximate surface area is 227 Å². The number of aryl methyl sites for hydroxylation is 1. The van der Waals surface area contributed by atoms with Crippen molar-refractivity contribution in [1.82, 2.24) is 9.97 Å². The van der Waals surface area contributed by atoms with Crippen molar-refractivity contribution in [2.24, 2.45) is 0 Å². The van der Waals surface area contributed by atoms with Crippen LogP contribution < -0.4 is 4.74 Å². The number of thioether (sulfide) groups is 1. The van der Waals surface area contributed by atoms with Crippen LogP contribution in [0.15, 0.2) is 11.4 Å². The molecule has 11 heteroatoms. The first-order valence-corrected chi connectivity index (χ1v) is 14.1. The van der Waals surface area contributed by atoms with Crippen LogP contribution in [0.25, 0.3) is 0 Å². The first kappa shape index (κ1) is 33.1. The molecule has 0 bridgehead atoms. The summed E-state index contributed by atoms with van der Waals surface area (Å²) < 4.78 is 5.75. The van der Waals surface area contributed by atoms with E-state index in [9.17, 15) is 28.8 Å². The van der Waals surface area contributed by atoms with Gasteiger partial charge in [0.1, 0.15) is 28.9 Å². The van der Waals surface area contributed by atoms with Crippen LogP contribution in [-0.4, -0.2) is 62.8 Å². The number of carbonyl (C=O) groups is 6. The maximum Gasteiger partial charge on any atom is 0.303 e. The summed E-state index contributed by atoms with van der Waals surface area (Å²) in [6, 6.07) is 0. The Kier molecular flexibility index (Phi) is 16.7. The van der Waals surface area contributed by atoms with Crippen molar-refractivity contribution in [3.63, 3.8) is 0 Å². The molecule has 1 heterocycles. The smallest absolute Gasteiger partial charge is 0.303 e. The number of rotatable bonds is 23. The zero-order valence-corrected chi connectivity index (χ0v) is 23.1. The molecule has 0 atom stereocenters. The van der Waals surface area contributed by atoms with Crippen molar-refractivity contribution in [3.8, 4) is 5.88 Å². The fourth-order valence-electron chi connectivity index (χ4n) is 3.45. The predicted molar refractivity (Wildman–Crippen MR) is 141 cm³/mol. The number of Topliss-reactive ketones (excluding diaryl/α,β-unsaturated/α-hetero) is 5. The molecular formula is C27H38N2O8S. The highest BCUT2D eigenvalue weighted by molar-refractivity contribution is 7.98. The lowest BCUT2D eigenvalue weighted by Gasteiger charge is -2.11. The molecule has 0 unspecified atom stereocenters. The molecule has 0 spiro atoms. The van der Waals surface area contributed by atoms with E-state index in [2.05, 4.69) is 9.97 Å². The zero-order valence-electron chi connectivity index (χ0n) is 22.3. The number of hydrogen-bond acceptors (Lipinski definition) is 10. The molecule has 10 nitrogen and oxygen atoms in total. The Morgan fingerprint density at radius 2 is 1.29 bits per heavy atom. The van der Waals surface area contributed by atoms with Gasteiger partial charge in [0.25, 0.3) is 0 Å². The van der Waals surface area contributed by atoms with Gasteiger partial charge in [0, 0.05) is 76.0 Å². The lowest BCUT2D eigenvalue weighted by atomic mass is 10.0. The van der Waals surface area contributed by atoms with Gasteiger partial charge < -0.3 is 14.6 Å². The average Bonchev–Trinajstić information content (AvgIpc) is 2.88. The number of carboxylic acids is 1. The Morgan fingerprint density at radius 1 is 0.763 bits per heavy atom. The summed E-state index contributed by atoms with van der Waals surface area (Å²) >= 11 is 1.37. The molecule has 38 heavy (non-hydrogen) atoms. The van der Waals surface area contributed by atoms with Gasteiger partial charge in [0.05, 0.1) is 6.61 Å². The Bertz CT molecular complexity index is 980. The van der Waals surface area contributed by atoms with E-state index in [4.69, 9.17) is 9.84 Å². The number of nitrogens with zero attached hydrogens (tertiary/aromatic N) is 2. The third kappa shape index (κ3) is 16.0. The molecule has 0 saturated carbocycles. The minimum absolute atomic E-state index is 0.0402. The lowest BCUT2D eigenvalue weighted by Crippen LogP contribution is -2.11. The summed E-state index contributed by atoms with van der Waals surface area (Å²) in [6.45, 7) is 1.52. The van der Waals surface area contributed by atoms with Gasteiger partial charge in [-0.1, -0.05) is 18.2 Å². The fraction of sp³-hybridized carbons (Fsp3) is 0.630. The highest BCUT2D eigenvalue weighted by Gasteiger charge is 2.13. The van der Waals surface area contributed by atoms with Crippen molar-refractivity contribution in [2.75, 3.05) is 12.9 Å². The molecule has 0 saturated heterocycles. The minimum atomic E-state index is -0.812. The van der Waals surface area contributed by atoms with Crippen LogP contribution in [0.1, 0.15) is 96.0 Å². The summed E-state index contributed by atoms with van der Waals surface area (Å²) in [5.74, 6) is -1.10. The monoisotopic (exact) mass is 550 g/mol. The quantitative estimate of drug-likeness (QED) is 0.119. The van der Waals surface area contributed by atoms with E-state index in [-0.39, 0.29) is 99.7 Å². The molecule has 0 aliphatic carbocycles. The number of unbranched alkanes of at least 4 members (excludes halogenated alkanes) is 2. The number of carbonyl (C=O) groups excluding carboxylic acids is 5. The van der Waals surface area contributed by atoms with Crippen LogP contribution in [-0.2, 0) is 35.2 Å². The molecular weight excluding hydrogens is 512 g/mol. The van der Waals surface area contributed by atoms with Crippen LogP contribution in [0.2, 0.25) is 0 Å². The number of ketones is 5. The summed E-state index contributed by atoms with van der Waals surface area (Å²) in [4.78, 5) is 78.0. The lowest BCUT2D eigenvalue weighted by molar-refractivity contribution is -0.137. The maximum atomic E-state index is 12.2. The topological polar surface area (TPSA) is 158 Å². The largest absolute Gasteiger partial charge is 0.481 e. The van der Waals surface area contributed by atoms with E-state index in [0.29, 0.717) is 23.9 Å². The van der Waals surface area contributed by atoms with Gasteiger partial charge in [-0.05, 0) is 32.4 Å². The van der Waals surface area contributed by atoms with Gasteiger partial charge in [0.2, 0.25) is 5.88 Å². The molecule has 0 amide bonds. The fourth-order valence-corrected chi connectivity index (χ4v) is 3.78. The molecule has 1 aromatic rings. The van der Waals surface area contributed by atoms with Gasteiger partial charge in [-0.15, -0.1) is 0 Å². The number of ether oxygens (including phenoxy) is 1. The third-order valence-corrected chi connectivity index (χ3v) is 6.31. The molecule has 1 aromatic heterocycles. The summed E-state index contributed by atoms with van der Waals surface area (Å²) in [5, 5.41) is 9.28. The zero-order chi connectivity index (χ0) is 28.3. The molecule has 1 rings (SSSR count). The second-order valence-electron chi connectivity index (χ2n) is 9.10. The van der Waals surface area contributed by atoms with Crippen molar-refractivity contribution in [1.29, 1.82) is 0 Å². The van der Waals surface area contributed by atoms with Crippen molar-refractivity contribution >= 4 is 46.6 Å². The first-order chi connectivity index (χ1) is 18.1. The molecule has 0 radical (unpaired) electrons. The maximum absolute atomic E-state index is 12.2. The predicted octanol–water partition coefficient (Wildman–Crippen LogP) is 4.14. The van der Waals surface area contributed by atoms with Gasteiger partial charge in [-0.25, -0.2) is 4.98 Å².